The van der Waals surface area contributed by atoms with Crippen LogP contribution in [0.4, 0.5) is 10.5 Å². The number of aromatic nitrogens is 1. The van der Waals surface area contributed by atoms with E-state index in [0.29, 0.717) is 22.8 Å². The highest BCUT2D eigenvalue weighted by Gasteiger charge is 2.18. The van der Waals surface area contributed by atoms with E-state index in [1.54, 1.807) is 40.5 Å². The van der Waals surface area contributed by atoms with Gasteiger partial charge in [0.1, 0.15) is 0 Å². The normalized spacial score (nSPS) is 10.9. The molecule has 2 aromatic carbocycles. The highest BCUT2D eigenvalue weighted by molar-refractivity contribution is 7.09. The summed E-state index contributed by atoms with van der Waals surface area (Å²) in [5.74, 6) is 0. The van der Waals surface area contributed by atoms with Gasteiger partial charge in [-0.05, 0) is 84.3 Å². The standard InChI is InChI=1S/C24H22ClN3O2S/c1-15-10-17-12-18(23(29)27-22(17)11-16(15)2)13-28(14-21-4-3-9-31-21)24(30)26-20-7-5-19(25)6-8-20/h3-12H,13-14H2,1-2H3,(H,26,30)(H,27,29). The summed E-state index contributed by atoms with van der Waals surface area (Å²) in [5.41, 5.74) is 4.07. The number of amides is 2. The van der Waals surface area contributed by atoms with Crippen molar-refractivity contribution in [3.05, 3.63) is 96.9 Å². The van der Waals surface area contributed by atoms with Crippen LogP contribution in [0.2, 0.25) is 5.02 Å². The third-order valence-corrected chi connectivity index (χ3v) is 6.32. The van der Waals surface area contributed by atoms with E-state index < -0.39 is 0 Å². The minimum Gasteiger partial charge on any atom is -0.322 e. The number of aromatic amines is 1. The lowest BCUT2D eigenvalue weighted by molar-refractivity contribution is 0.207. The van der Waals surface area contributed by atoms with Crippen LogP contribution < -0.4 is 10.9 Å². The van der Waals surface area contributed by atoms with Crippen LogP contribution in [0.15, 0.2) is 64.8 Å². The third-order valence-electron chi connectivity index (χ3n) is 5.21. The van der Waals surface area contributed by atoms with Gasteiger partial charge in [0.25, 0.3) is 5.56 Å². The summed E-state index contributed by atoms with van der Waals surface area (Å²) >= 11 is 7.51. The lowest BCUT2D eigenvalue weighted by Crippen LogP contribution is -2.35. The van der Waals surface area contributed by atoms with Crippen molar-refractivity contribution in [3.63, 3.8) is 0 Å². The Hall–Kier alpha value is -3.09. The largest absolute Gasteiger partial charge is 0.322 e. The second kappa shape index (κ2) is 8.96. The maximum absolute atomic E-state index is 13.1. The van der Waals surface area contributed by atoms with Crippen molar-refractivity contribution in [2.75, 3.05) is 5.32 Å². The van der Waals surface area contributed by atoms with E-state index in [0.717, 1.165) is 26.9 Å². The second-order valence-corrected chi connectivity index (χ2v) is 8.99. The van der Waals surface area contributed by atoms with E-state index in [1.807, 2.05) is 43.5 Å². The number of aryl methyl sites for hydroxylation is 2. The molecule has 0 radical (unpaired) electrons. The van der Waals surface area contributed by atoms with E-state index in [4.69, 9.17) is 11.6 Å². The number of hydrogen-bond acceptors (Lipinski definition) is 3. The van der Waals surface area contributed by atoms with Gasteiger partial charge in [-0.3, -0.25) is 4.79 Å². The van der Waals surface area contributed by atoms with Crippen LogP contribution in [0.5, 0.6) is 0 Å². The predicted molar refractivity (Wildman–Crippen MR) is 128 cm³/mol. The lowest BCUT2D eigenvalue weighted by Gasteiger charge is -2.23. The Morgan fingerprint density at radius 1 is 1.06 bits per heavy atom. The molecule has 2 aromatic heterocycles. The summed E-state index contributed by atoms with van der Waals surface area (Å²) in [7, 11) is 0. The number of carbonyl (C=O) groups excluding carboxylic acids is 1. The Labute approximate surface area is 189 Å². The topological polar surface area (TPSA) is 65.2 Å². The SMILES string of the molecule is Cc1cc2cc(CN(Cc3cccs3)C(=O)Nc3ccc(Cl)cc3)c(=O)[nH]c2cc1C. The molecule has 0 bridgehead atoms. The first-order valence-electron chi connectivity index (χ1n) is 9.86. The molecule has 0 aliphatic carbocycles. The van der Waals surface area contributed by atoms with Gasteiger partial charge in [0.15, 0.2) is 0 Å². The number of hydrogen-bond donors (Lipinski definition) is 2. The molecule has 0 fully saturated rings. The van der Waals surface area contributed by atoms with Gasteiger partial charge in [-0.15, -0.1) is 11.3 Å². The molecular weight excluding hydrogens is 430 g/mol. The molecule has 0 saturated heterocycles. The Balaban J connectivity index is 1.64. The molecule has 2 N–H and O–H groups in total. The molecular formula is C24H22ClN3O2S. The van der Waals surface area contributed by atoms with Crippen LogP contribution >= 0.6 is 22.9 Å². The number of carbonyl (C=O) groups is 1. The first kappa shape index (κ1) is 21.2. The van der Waals surface area contributed by atoms with E-state index >= 15 is 0 Å². The fraction of sp³-hybridized carbons (Fsp3) is 0.167. The molecule has 2 heterocycles. The van der Waals surface area contributed by atoms with E-state index in [2.05, 4.69) is 16.4 Å². The van der Waals surface area contributed by atoms with Gasteiger partial charge in [0.2, 0.25) is 0 Å². The van der Waals surface area contributed by atoms with Gasteiger partial charge >= 0.3 is 6.03 Å². The number of nitrogens with one attached hydrogen (secondary N) is 2. The van der Waals surface area contributed by atoms with Crippen LogP contribution in [0, 0.1) is 13.8 Å². The highest BCUT2D eigenvalue weighted by atomic mass is 35.5. The van der Waals surface area contributed by atoms with Crippen LogP contribution in [0.3, 0.4) is 0 Å². The third kappa shape index (κ3) is 4.98. The van der Waals surface area contributed by atoms with E-state index in [-0.39, 0.29) is 18.1 Å². The molecule has 0 unspecified atom stereocenters. The maximum Gasteiger partial charge on any atom is 0.322 e. The monoisotopic (exact) mass is 451 g/mol. The number of H-pyrrole nitrogens is 1. The van der Waals surface area contributed by atoms with Crippen molar-refractivity contribution >= 4 is 45.6 Å². The number of anilines is 1. The minimum atomic E-state index is -0.282. The molecule has 4 aromatic rings. The fourth-order valence-corrected chi connectivity index (χ4v) is 4.22. The summed E-state index contributed by atoms with van der Waals surface area (Å²) in [5, 5.41) is 6.42. The number of pyridine rings is 1. The number of thiophene rings is 1. The average molecular weight is 452 g/mol. The zero-order valence-electron chi connectivity index (χ0n) is 17.2. The molecule has 4 rings (SSSR count). The number of rotatable bonds is 5. The minimum absolute atomic E-state index is 0.189. The Morgan fingerprint density at radius 2 is 1.81 bits per heavy atom. The summed E-state index contributed by atoms with van der Waals surface area (Å²) in [6, 6.07) is 16.5. The number of urea groups is 1. The van der Waals surface area contributed by atoms with Gasteiger partial charge in [0.05, 0.1) is 13.1 Å². The Morgan fingerprint density at radius 3 is 2.52 bits per heavy atom. The molecule has 0 spiro atoms. The van der Waals surface area contributed by atoms with Crippen molar-refractivity contribution in [2.45, 2.75) is 26.9 Å². The van der Waals surface area contributed by atoms with Crippen LogP contribution in [0.1, 0.15) is 21.6 Å². The zero-order valence-corrected chi connectivity index (χ0v) is 18.8. The number of benzene rings is 2. The number of nitrogens with zero attached hydrogens (tertiary/aromatic N) is 1. The van der Waals surface area contributed by atoms with Gasteiger partial charge in [-0.2, -0.15) is 0 Å². The van der Waals surface area contributed by atoms with Crippen LogP contribution in [-0.4, -0.2) is 15.9 Å². The predicted octanol–water partition coefficient (Wildman–Crippen LogP) is 6.09. The van der Waals surface area contributed by atoms with Gasteiger partial charge in [0, 0.05) is 26.7 Å². The summed E-state index contributed by atoms with van der Waals surface area (Å²) in [4.78, 5) is 31.5. The molecule has 0 aliphatic heterocycles. The van der Waals surface area contributed by atoms with Gasteiger partial charge in [-0.25, -0.2) is 4.79 Å². The van der Waals surface area contributed by atoms with Gasteiger partial charge < -0.3 is 15.2 Å². The van der Waals surface area contributed by atoms with E-state index in [9.17, 15) is 9.59 Å². The molecule has 7 heteroatoms. The fourth-order valence-electron chi connectivity index (χ4n) is 3.37. The maximum atomic E-state index is 13.1. The molecule has 0 saturated carbocycles. The van der Waals surface area contributed by atoms with Crippen LogP contribution in [0.25, 0.3) is 10.9 Å². The van der Waals surface area contributed by atoms with Crippen molar-refractivity contribution in [2.24, 2.45) is 0 Å². The Kier molecular flexibility index (Phi) is 6.11. The van der Waals surface area contributed by atoms with Crippen molar-refractivity contribution in [1.29, 1.82) is 0 Å². The first-order valence-corrected chi connectivity index (χ1v) is 11.1. The van der Waals surface area contributed by atoms with Crippen LogP contribution in [-0.2, 0) is 13.1 Å². The first-order chi connectivity index (χ1) is 14.9. The lowest BCUT2D eigenvalue weighted by atomic mass is 10.0. The molecule has 158 valence electrons. The molecule has 31 heavy (non-hydrogen) atoms. The van der Waals surface area contributed by atoms with Gasteiger partial charge in [-0.1, -0.05) is 17.7 Å². The zero-order chi connectivity index (χ0) is 22.0. The summed E-state index contributed by atoms with van der Waals surface area (Å²) in [6.07, 6.45) is 0. The van der Waals surface area contributed by atoms with Crippen molar-refractivity contribution in [1.82, 2.24) is 9.88 Å². The second-order valence-electron chi connectivity index (χ2n) is 7.52. The Bertz CT molecular complexity index is 1280. The molecule has 2 amide bonds. The smallest absolute Gasteiger partial charge is 0.322 e. The molecule has 5 nitrogen and oxygen atoms in total. The van der Waals surface area contributed by atoms with Crippen molar-refractivity contribution < 1.29 is 4.79 Å². The highest BCUT2D eigenvalue weighted by Crippen LogP contribution is 2.20. The number of halogens is 1. The quantitative estimate of drug-likeness (QED) is 0.385. The molecule has 0 aliphatic rings. The van der Waals surface area contributed by atoms with E-state index in [1.165, 1.54) is 0 Å². The summed E-state index contributed by atoms with van der Waals surface area (Å²) < 4.78 is 0. The van der Waals surface area contributed by atoms with Crippen molar-refractivity contribution in [3.8, 4) is 0 Å². The number of fused-ring (bicyclic) bond motifs is 1. The molecule has 0 atom stereocenters. The average Bonchev–Trinajstić information content (AvgIpc) is 3.24. The summed E-state index contributed by atoms with van der Waals surface area (Å²) in [6.45, 7) is 4.66.